The number of methoxy groups -OCH3 is 1. The first-order valence-corrected chi connectivity index (χ1v) is 9.11. The van der Waals surface area contributed by atoms with Crippen LogP contribution < -0.4 is 5.32 Å². The molecule has 0 aromatic carbocycles. The number of carbonyl (C=O) groups is 3. The molecule has 0 atom stereocenters. The van der Waals surface area contributed by atoms with Crippen LogP contribution in [0.25, 0.3) is 0 Å². The molecule has 8 heteroatoms. The second kappa shape index (κ2) is 9.85. The minimum Gasteiger partial charge on any atom is -0.469 e. The van der Waals surface area contributed by atoms with Crippen molar-refractivity contribution in [3.8, 4) is 0 Å². The van der Waals surface area contributed by atoms with Gasteiger partial charge in [0, 0.05) is 19.1 Å². The first-order valence-electron chi connectivity index (χ1n) is 8.58. The smallest absolute Gasteiger partial charge is 0.407 e. The van der Waals surface area contributed by atoms with Crippen LogP contribution in [0.1, 0.15) is 46.5 Å². The molecule has 2 amide bonds. The van der Waals surface area contributed by atoms with E-state index in [9.17, 15) is 14.4 Å². The molecule has 0 aromatic heterocycles. The Bertz CT molecular complexity index is 470. The van der Waals surface area contributed by atoms with Gasteiger partial charge < -0.3 is 19.7 Å². The topological polar surface area (TPSA) is 84.9 Å². The number of nitrogens with zero attached hydrogens (tertiary/aromatic N) is 1. The van der Waals surface area contributed by atoms with E-state index in [1.807, 2.05) is 0 Å². The van der Waals surface area contributed by atoms with Gasteiger partial charge in [0.05, 0.1) is 13.0 Å². The molecule has 1 aliphatic rings. The summed E-state index contributed by atoms with van der Waals surface area (Å²) in [6.45, 7) is 6.01. The number of halogens is 1. The van der Waals surface area contributed by atoms with Gasteiger partial charge in [0.2, 0.25) is 5.91 Å². The number of rotatable bonds is 6. The summed E-state index contributed by atoms with van der Waals surface area (Å²) >= 11 is 5.72. The molecule has 0 saturated heterocycles. The second-order valence-electron chi connectivity index (χ2n) is 7.18. The summed E-state index contributed by atoms with van der Waals surface area (Å²) in [6, 6.07) is 0.0209. The molecule has 1 aliphatic carbocycles. The Morgan fingerprint density at radius 3 is 2.24 bits per heavy atom. The highest BCUT2D eigenvalue weighted by atomic mass is 35.5. The summed E-state index contributed by atoms with van der Waals surface area (Å²) < 4.78 is 9.96. The van der Waals surface area contributed by atoms with Crippen molar-refractivity contribution in [3.63, 3.8) is 0 Å². The molecule has 1 fully saturated rings. The monoisotopic (exact) mass is 376 g/mol. The average Bonchev–Trinajstić information content (AvgIpc) is 2.56. The van der Waals surface area contributed by atoms with Crippen LogP contribution in [0.15, 0.2) is 0 Å². The van der Waals surface area contributed by atoms with Gasteiger partial charge in [0.1, 0.15) is 11.5 Å². The van der Waals surface area contributed by atoms with Gasteiger partial charge in [-0.1, -0.05) is 0 Å². The minimum atomic E-state index is -0.567. The third-order valence-corrected chi connectivity index (χ3v) is 4.36. The fourth-order valence-electron chi connectivity index (χ4n) is 2.97. The highest BCUT2D eigenvalue weighted by molar-refractivity contribution is 6.27. The average molecular weight is 377 g/mol. The van der Waals surface area contributed by atoms with E-state index in [1.54, 1.807) is 25.7 Å². The molecule has 0 bridgehead atoms. The Balaban J connectivity index is 2.52. The molecule has 0 heterocycles. The normalized spacial score (nSPS) is 20.5. The number of nitrogens with one attached hydrogen (secondary N) is 1. The van der Waals surface area contributed by atoms with Gasteiger partial charge in [0.15, 0.2) is 0 Å². The Hall–Kier alpha value is -1.50. The van der Waals surface area contributed by atoms with E-state index < -0.39 is 11.7 Å². The number of amides is 2. The van der Waals surface area contributed by atoms with Crippen LogP contribution in [0.2, 0.25) is 0 Å². The Morgan fingerprint density at radius 1 is 1.16 bits per heavy atom. The molecule has 1 N–H and O–H groups in total. The third kappa shape index (κ3) is 7.50. The van der Waals surface area contributed by atoms with Crippen LogP contribution in [0.5, 0.6) is 0 Å². The first kappa shape index (κ1) is 21.5. The van der Waals surface area contributed by atoms with Gasteiger partial charge in [-0.3, -0.25) is 9.59 Å². The molecule has 0 unspecified atom stereocenters. The van der Waals surface area contributed by atoms with Gasteiger partial charge in [-0.15, -0.1) is 11.6 Å². The van der Waals surface area contributed by atoms with E-state index >= 15 is 0 Å². The van der Waals surface area contributed by atoms with Crippen molar-refractivity contribution in [2.24, 2.45) is 5.92 Å². The maximum Gasteiger partial charge on any atom is 0.407 e. The SMILES string of the molecule is COC(=O)[C@H]1CC[C@H](N(CCNC(=O)OC(C)(C)C)C(=O)CCl)CC1. The molecular formula is C17H29ClN2O5. The summed E-state index contributed by atoms with van der Waals surface area (Å²) in [5.74, 6) is -0.577. The van der Waals surface area contributed by atoms with Crippen molar-refractivity contribution in [1.82, 2.24) is 10.2 Å². The number of hydrogen-bond donors (Lipinski definition) is 1. The quantitative estimate of drug-likeness (QED) is 0.568. The van der Waals surface area contributed by atoms with Gasteiger partial charge in [-0.05, 0) is 46.5 Å². The van der Waals surface area contributed by atoms with Crippen LogP contribution in [0.3, 0.4) is 0 Å². The lowest BCUT2D eigenvalue weighted by atomic mass is 9.85. The van der Waals surface area contributed by atoms with Crippen LogP contribution in [-0.2, 0) is 19.1 Å². The van der Waals surface area contributed by atoms with Crippen LogP contribution in [-0.4, -0.2) is 60.6 Å². The van der Waals surface area contributed by atoms with Crippen molar-refractivity contribution < 1.29 is 23.9 Å². The standard InChI is InChI=1S/C17H29ClN2O5/c1-17(2,3)25-16(23)19-9-10-20(14(21)11-18)13-7-5-12(6-8-13)15(22)24-4/h12-13H,5-11H2,1-4H3,(H,19,23)/t12-,13-. The van der Waals surface area contributed by atoms with Crippen molar-refractivity contribution in [3.05, 3.63) is 0 Å². The lowest BCUT2D eigenvalue weighted by Gasteiger charge is -2.36. The van der Waals surface area contributed by atoms with Crippen molar-refractivity contribution in [2.75, 3.05) is 26.1 Å². The fraction of sp³-hybridized carbons (Fsp3) is 0.824. The molecule has 25 heavy (non-hydrogen) atoms. The highest BCUT2D eigenvalue weighted by Gasteiger charge is 2.31. The first-order chi connectivity index (χ1) is 11.7. The molecule has 1 rings (SSSR count). The number of esters is 1. The van der Waals surface area contributed by atoms with Crippen LogP contribution in [0.4, 0.5) is 4.79 Å². The number of carbonyl (C=O) groups excluding carboxylic acids is 3. The summed E-state index contributed by atoms with van der Waals surface area (Å²) in [6.07, 6.45) is 2.29. The number of alkyl halides is 1. The molecule has 0 radical (unpaired) electrons. The molecule has 1 saturated carbocycles. The zero-order chi connectivity index (χ0) is 19.0. The summed E-state index contributed by atoms with van der Waals surface area (Å²) in [7, 11) is 1.39. The minimum absolute atomic E-state index is 0.0209. The maximum absolute atomic E-state index is 12.1. The van der Waals surface area contributed by atoms with E-state index in [2.05, 4.69) is 5.32 Å². The molecular weight excluding hydrogens is 348 g/mol. The number of ether oxygens (including phenoxy) is 2. The predicted octanol–water partition coefficient (Wildman–Crippen LogP) is 2.31. The van der Waals surface area contributed by atoms with E-state index in [4.69, 9.17) is 21.1 Å². The van der Waals surface area contributed by atoms with Crippen molar-refractivity contribution in [1.29, 1.82) is 0 Å². The molecule has 144 valence electrons. The van der Waals surface area contributed by atoms with E-state index in [0.717, 1.165) is 12.8 Å². The molecule has 0 aromatic rings. The Kier molecular flexibility index (Phi) is 8.48. The summed E-state index contributed by atoms with van der Waals surface area (Å²) in [5.41, 5.74) is -0.567. The van der Waals surface area contributed by atoms with Gasteiger partial charge in [-0.2, -0.15) is 0 Å². The molecule has 0 aliphatic heterocycles. The predicted molar refractivity (Wildman–Crippen MR) is 94.4 cm³/mol. The van der Waals surface area contributed by atoms with E-state index in [-0.39, 0.29) is 36.3 Å². The zero-order valence-corrected chi connectivity index (χ0v) is 16.2. The molecule has 0 spiro atoms. The van der Waals surface area contributed by atoms with Crippen molar-refractivity contribution in [2.45, 2.75) is 58.1 Å². The Morgan fingerprint density at radius 2 is 1.76 bits per heavy atom. The van der Waals surface area contributed by atoms with Crippen LogP contribution >= 0.6 is 11.6 Å². The lowest BCUT2D eigenvalue weighted by Crippen LogP contribution is -2.47. The summed E-state index contributed by atoms with van der Waals surface area (Å²) in [5, 5.41) is 2.65. The number of alkyl carbamates (subject to hydrolysis) is 1. The van der Waals surface area contributed by atoms with Gasteiger partial charge in [-0.25, -0.2) is 4.79 Å². The second-order valence-corrected chi connectivity index (χ2v) is 7.45. The van der Waals surface area contributed by atoms with E-state index in [1.165, 1.54) is 7.11 Å². The third-order valence-electron chi connectivity index (χ3n) is 4.13. The van der Waals surface area contributed by atoms with Gasteiger partial charge in [0.25, 0.3) is 0 Å². The van der Waals surface area contributed by atoms with Gasteiger partial charge >= 0.3 is 12.1 Å². The maximum atomic E-state index is 12.1. The largest absolute Gasteiger partial charge is 0.469 e. The fourth-order valence-corrected chi connectivity index (χ4v) is 3.12. The highest BCUT2D eigenvalue weighted by Crippen LogP contribution is 2.28. The molecule has 7 nitrogen and oxygen atoms in total. The van der Waals surface area contributed by atoms with Crippen LogP contribution in [0, 0.1) is 5.92 Å². The Labute approximate surface area is 154 Å². The van der Waals surface area contributed by atoms with E-state index in [0.29, 0.717) is 19.4 Å². The summed E-state index contributed by atoms with van der Waals surface area (Å²) in [4.78, 5) is 37.1. The number of hydrogen-bond acceptors (Lipinski definition) is 5. The zero-order valence-electron chi connectivity index (χ0n) is 15.5. The van der Waals surface area contributed by atoms with Crippen molar-refractivity contribution >= 4 is 29.6 Å². The lowest BCUT2D eigenvalue weighted by molar-refractivity contribution is -0.147.